The van der Waals surface area contributed by atoms with E-state index in [9.17, 15) is 83.9 Å². The van der Waals surface area contributed by atoms with Crippen molar-refractivity contribution in [1.29, 1.82) is 5.26 Å². The SMILES string of the molecule is CCCC(O)(O)CC(O)(COCS(C)(=O)=O)C(O)C(C)(C)OC(=O)C(F)C(F)(F)OOC(C#N)(OC(F)(F)OC(F)(F)F)C(=O)OCCOCC(C)(C)O. The van der Waals surface area contributed by atoms with E-state index in [1.165, 1.54) is 20.8 Å². The summed E-state index contributed by atoms with van der Waals surface area (Å²) in [5, 5.41) is 61.3. The average Bonchev–Trinajstić information content (AvgIpc) is 2.95. The summed E-state index contributed by atoms with van der Waals surface area (Å²) in [6, 6.07) is 0.311. The number of sulfone groups is 1. The van der Waals surface area contributed by atoms with E-state index in [1.54, 1.807) is 0 Å². The van der Waals surface area contributed by atoms with Crippen LogP contribution in [0.1, 0.15) is 53.9 Å². The lowest BCUT2D eigenvalue weighted by Crippen LogP contribution is -2.61. The third-order valence-corrected chi connectivity index (χ3v) is 6.62. The highest BCUT2D eigenvalue weighted by Crippen LogP contribution is 2.37. The Morgan fingerprint density at radius 1 is 0.870 bits per heavy atom. The van der Waals surface area contributed by atoms with Gasteiger partial charge in [0, 0.05) is 19.1 Å². The van der Waals surface area contributed by atoms with Crippen molar-refractivity contribution in [3.8, 4) is 6.07 Å². The van der Waals surface area contributed by atoms with E-state index >= 15 is 0 Å². The Kier molecular flexibility index (Phi) is 18.1. The van der Waals surface area contributed by atoms with Gasteiger partial charge in [0.05, 0.1) is 25.4 Å². The standard InChI is InChI=1S/C27H41F8NO17S/c1-7-8-23(42,43)11-22(41,14-47-15-54(6,44)45)18(38)21(4,5)49-17(37)16(28)25(29,30)53-52-24(12-36,50-27(34,35)51-26(31,32)33)19(39)48-10-9-46-13-20(2,3)40/h16,18,38,40-43H,7-11,13-15H2,1-6H3. The van der Waals surface area contributed by atoms with Gasteiger partial charge in [0.25, 0.3) is 6.17 Å². The Balaban J connectivity index is 6.32. The molecule has 0 saturated carbocycles. The van der Waals surface area contributed by atoms with Crippen molar-refractivity contribution in [2.75, 3.05) is 38.6 Å². The van der Waals surface area contributed by atoms with Crippen molar-refractivity contribution in [3.05, 3.63) is 0 Å². The van der Waals surface area contributed by atoms with Crippen LogP contribution in [0.15, 0.2) is 0 Å². The van der Waals surface area contributed by atoms with Gasteiger partial charge in [0.15, 0.2) is 15.6 Å². The number of alkyl halides is 8. The van der Waals surface area contributed by atoms with E-state index in [1.807, 2.05) is 0 Å². The average molecular weight is 836 g/mol. The van der Waals surface area contributed by atoms with E-state index in [2.05, 4.69) is 28.7 Å². The quantitative estimate of drug-likeness (QED) is 0.0213. The molecule has 4 atom stereocenters. The molecule has 0 rings (SSSR count). The second-order valence-corrected chi connectivity index (χ2v) is 14.9. The number of esters is 2. The second-order valence-electron chi connectivity index (χ2n) is 12.8. The van der Waals surface area contributed by atoms with Crippen LogP contribution in [0.2, 0.25) is 0 Å². The molecule has 18 nitrogen and oxygen atoms in total. The normalized spacial score (nSPS) is 17.1. The predicted molar refractivity (Wildman–Crippen MR) is 155 cm³/mol. The number of nitriles is 1. The topological polar surface area (TPSA) is 267 Å². The summed E-state index contributed by atoms with van der Waals surface area (Å²) in [6.07, 6.45) is -26.5. The van der Waals surface area contributed by atoms with Crippen LogP contribution in [-0.2, 0) is 57.6 Å². The third kappa shape index (κ3) is 18.3. The number of carbonyl (C=O) groups is 2. The lowest BCUT2D eigenvalue weighted by atomic mass is 9.80. The molecule has 4 unspecified atom stereocenters. The number of aliphatic hydroxyl groups is 5. The molecule has 0 radical (unpaired) electrons. The van der Waals surface area contributed by atoms with Gasteiger partial charge in [0.2, 0.25) is 0 Å². The van der Waals surface area contributed by atoms with Crippen molar-refractivity contribution >= 4 is 21.8 Å². The Morgan fingerprint density at radius 3 is 1.89 bits per heavy atom. The Bertz CT molecular complexity index is 1390. The molecule has 5 N–H and O–H groups in total. The van der Waals surface area contributed by atoms with Crippen molar-refractivity contribution in [2.45, 2.75) is 113 Å². The first-order valence-electron chi connectivity index (χ1n) is 14.9. The van der Waals surface area contributed by atoms with Crippen molar-refractivity contribution in [1.82, 2.24) is 0 Å². The molecule has 54 heavy (non-hydrogen) atoms. The highest BCUT2D eigenvalue weighted by atomic mass is 32.2. The first-order valence-corrected chi connectivity index (χ1v) is 17.0. The Morgan fingerprint density at radius 2 is 1.43 bits per heavy atom. The molecule has 318 valence electrons. The predicted octanol–water partition coefficient (Wildman–Crippen LogP) is 0.823. The van der Waals surface area contributed by atoms with Gasteiger partial charge in [0.1, 0.15) is 35.9 Å². The summed E-state index contributed by atoms with van der Waals surface area (Å²) in [6.45, 7) is 1.62. The minimum Gasteiger partial charge on any atom is -0.458 e. The zero-order chi connectivity index (χ0) is 42.8. The van der Waals surface area contributed by atoms with Crippen LogP contribution >= 0.6 is 0 Å². The van der Waals surface area contributed by atoms with Crippen LogP contribution in [-0.4, -0.2) is 144 Å². The highest BCUT2D eigenvalue weighted by Gasteiger charge is 2.61. The fourth-order valence-electron chi connectivity index (χ4n) is 4.00. The van der Waals surface area contributed by atoms with E-state index < -0.39 is 126 Å². The van der Waals surface area contributed by atoms with Crippen LogP contribution in [0.3, 0.4) is 0 Å². The van der Waals surface area contributed by atoms with Gasteiger partial charge in [-0.2, -0.15) is 23.8 Å². The number of carbonyl (C=O) groups excluding carboxylic acids is 2. The summed E-state index contributed by atoms with van der Waals surface area (Å²) >= 11 is 0. The maximum Gasteiger partial charge on any atom is 0.529 e. The van der Waals surface area contributed by atoms with Crippen molar-refractivity contribution in [3.63, 3.8) is 0 Å². The van der Waals surface area contributed by atoms with Crippen LogP contribution in [0.4, 0.5) is 35.1 Å². The van der Waals surface area contributed by atoms with E-state index in [0.717, 1.165) is 0 Å². The summed E-state index contributed by atoms with van der Waals surface area (Å²) in [5.74, 6) is -14.2. The van der Waals surface area contributed by atoms with E-state index in [4.69, 9.17) is 9.47 Å². The number of halogens is 8. The van der Waals surface area contributed by atoms with E-state index in [0.29, 0.717) is 26.2 Å². The number of hydrogen-bond donors (Lipinski definition) is 5. The molecular weight excluding hydrogens is 794 g/mol. The molecule has 0 amide bonds. The number of rotatable bonds is 25. The summed E-state index contributed by atoms with van der Waals surface area (Å²) in [5.41, 5.74) is -7.25. The van der Waals surface area contributed by atoms with Crippen molar-refractivity contribution < 1.29 is 117 Å². The van der Waals surface area contributed by atoms with Crippen LogP contribution in [0.5, 0.6) is 0 Å². The fraction of sp³-hybridized carbons (Fsp3) is 0.889. The maximum absolute atomic E-state index is 14.9. The molecule has 0 aromatic heterocycles. The zero-order valence-electron chi connectivity index (χ0n) is 29.3. The zero-order valence-corrected chi connectivity index (χ0v) is 30.1. The summed E-state index contributed by atoms with van der Waals surface area (Å²) < 4.78 is 156. The number of nitrogens with zero attached hydrogens (tertiary/aromatic N) is 1. The van der Waals surface area contributed by atoms with Gasteiger partial charge >= 0.3 is 36.5 Å². The lowest BCUT2D eigenvalue weighted by Gasteiger charge is -2.43. The fourth-order valence-corrected chi connectivity index (χ4v) is 4.38. The van der Waals surface area contributed by atoms with Crippen molar-refractivity contribution in [2.24, 2.45) is 0 Å². The molecule has 0 spiro atoms. The lowest BCUT2D eigenvalue weighted by molar-refractivity contribution is -0.562. The molecule has 0 heterocycles. The smallest absolute Gasteiger partial charge is 0.458 e. The Hall–Kier alpha value is -2.62. The molecule has 0 aliphatic heterocycles. The van der Waals surface area contributed by atoms with Gasteiger partial charge in [-0.15, -0.1) is 22.0 Å². The molecule has 0 saturated heterocycles. The van der Waals surface area contributed by atoms with Gasteiger partial charge in [-0.05, 0) is 27.7 Å². The van der Waals surface area contributed by atoms with Crippen LogP contribution in [0, 0.1) is 11.3 Å². The first kappa shape index (κ1) is 51.4. The molecule has 0 fully saturated rings. The first-order chi connectivity index (χ1) is 24.0. The monoisotopic (exact) mass is 835 g/mol. The highest BCUT2D eigenvalue weighted by molar-refractivity contribution is 7.90. The largest absolute Gasteiger partial charge is 0.529 e. The molecule has 0 bridgehead atoms. The Labute approximate surface area is 302 Å². The molecule has 0 aliphatic carbocycles. The summed E-state index contributed by atoms with van der Waals surface area (Å²) in [4.78, 5) is 31.7. The van der Waals surface area contributed by atoms with Crippen LogP contribution in [0.25, 0.3) is 0 Å². The maximum atomic E-state index is 14.9. The van der Waals surface area contributed by atoms with Crippen LogP contribution < -0.4 is 0 Å². The number of aliphatic hydroxyl groups excluding tert-OH is 1. The molecular formula is C27H41F8NO17S. The minimum atomic E-state index is -6.28. The molecule has 0 aromatic rings. The van der Waals surface area contributed by atoms with Gasteiger partial charge in [-0.25, -0.2) is 31.9 Å². The molecule has 0 aromatic carbocycles. The number of hydrogen-bond acceptors (Lipinski definition) is 18. The molecule has 0 aliphatic rings. The molecule has 27 heteroatoms. The third-order valence-electron chi connectivity index (χ3n) is 6.02. The minimum absolute atomic E-state index is 0.0445. The van der Waals surface area contributed by atoms with Gasteiger partial charge in [-0.1, -0.05) is 13.3 Å². The van der Waals surface area contributed by atoms with E-state index in [-0.39, 0.29) is 6.42 Å². The second kappa shape index (κ2) is 19.0. The van der Waals surface area contributed by atoms with Gasteiger partial charge in [-0.3, -0.25) is 0 Å². The number of ether oxygens (including phenoxy) is 6. The van der Waals surface area contributed by atoms with Gasteiger partial charge < -0.3 is 44.5 Å². The summed E-state index contributed by atoms with van der Waals surface area (Å²) in [7, 11) is -3.92.